The maximum Gasteiger partial charge on any atom is 0.416 e. The number of rotatable bonds is 6. The van der Waals surface area contributed by atoms with Gasteiger partial charge in [0.25, 0.3) is 5.91 Å². The number of ether oxygens (including phenoxy) is 1. The molecule has 1 aliphatic heterocycles. The van der Waals surface area contributed by atoms with Crippen molar-refractivity contribution in [3.63, 3.8) is 0 Å². The molecule has 0 unspecified atom stereocenters. The lowest BCUT2D eigenvalue weighted by atomic mass is 10.0. The van der Waals surface area contributed by atoms with Gasteiger partial charge < -0.3 is 10.1 Å². The molecule has 3 rings (SSSR count). The fourth-order valence-electron chi connectivity index (χ4n) is 3.21. The summed E-state index contributed by atoms with van der Waals surface area (Å²) in [5.74, 6) is 0.0149. The number of amides is 1. The number of halogens is 4. The fourth-order valence-corrected chi connectivity index (χ4v) is 4.85. The Hall–Kier alpha value is -2.30. The zero-order chi connectivity index (χ0) is 23.5. The van der Waals surface area contributed by atoms with Gasteiger partial charge in [0, 0.05) is 13.1 Å². The summed E-state index contributed by atoms with van der Waals surface area (Å²) in [6, 6.07) is 8.22. The number of alkyl halides is 3. The molecule has 1 fully saturated rings. The van der Waals surface area contributed by atoms with Crippen LogP contribution in [0.4, 0.5) is 18.9 Å². The van der Waals surface area contributed by atoms with E-state index in [-0.39, 0.29) is 21.4 Å². The van der Waals surface area contributed by atoms with Crippen LogP contribution in [-0.4, -0.2) is 38.3 Å². The lowest BCUT2D eigenvalue weighted by Gasteiger charge is -2.29. The molecule has 11 heteroatoms. The predicted octanol–water partition coefficient (Wildman–Crippen LogP) is 4.80. The van der Waals surface area contributed by atoms with Crippen LogP contribution in [0.15, 0.2) is 47.4 Å². The van der Waals surface area contributed by atoms with Gasteiger partial charge in [-0.15, -0.1) is 0 Å². The summed E-state index contributed by atoms with van der Waals surface area (Å²) in [4.78, 5) is 12.2. The summed E-state index contributed by atoms with van der Waals surface area (Å²) in [6.45, 7) is 2.54. The van der Waals surface area contributed by atoms with Crippen LogP contribution < -0.4 is 10.1 Å². The molecular formula is C21H22ClF3N2O4S. The van der Waals surface area contributed by atoms with Gasteiger partial charge in [-0.05, 0) is 61.2 Å². The van der Waals surface area contributed by atoms with Crippen molar-refractivity contribution in [2.45, 2.75) is 30.8 Å². The maximum atomic E-state index is 12.8. The summed E-state index contributed by atoms with van der Waals surface area (Å²) >= 11 is 5.86. The fraction of sp³-hybridized carbons (Fsp3) is 0.381. The van der Waals surface area contributed by atoms with Gasteiger partial charge in [0.15, 0.2) is 6.61 Å². The van der Waals surface area contributed by atoms with Crippen molar-refractivity contribution in [1.29, 1.82) is 0 Å². The molecule has 0 saturated carbocycles. The molecule has 2 aromatic rings. The summed E-state index contributed by atoms with van der Waals surface area (Å²) in [6.07, 6.45) is -2.95. The highest BCUT2D eigenvalue weighted by Crippen LogP contribution is 2.33. The van der Waals surface area contributed by atoms with Gasteiger partial charge in [-0.3, -0.25) is 4.79 Å². The van der Waals surface area contributed by atoms with Crippen molar-refractivity contribution in [1.82, 2.24) is 4.31 Å². The average molecular weight is 491 g/mol. The molecule has 6 nitrogen and oxygen atoms in total. The number of nitrogens with zero attached hydrogens (tertiary/aromatic N) is 1. The zero-order valence-electron chi connectivity index (χ0n) is 17.2. The number of sulfonamides is 1. The standard InChI is InChI=1S/C21H22ClF3N2O4S/c1-14-8-10-27(11-9-14)32(29,30)17-5-3-16(4-6-17)31-13-20(28)26-19-12-15(21(23,24)25)2-7-18(19)22/h2-7,12,14H,8-11,13H2,1H3,(H,26,28). The van der Waals surface area contributed by atoms with E-state index in [2.05, 4.69) is 12.2 Å². The molecule has 1 aliphatic rings. The van der Waals surface area contributed by atoms with Gasteiger partial charge in [-0.1, -0.05) is 18.5 Å². The molecule has 1 N–H and O–H groups in total. The number of carbonyl (C=O) groups is 1. The van der Waals surface area contributed by atoms with Crippen LogP contribution in [-0.2, 0) is 21.0 Å². The quantitative estimate of drug-likeness (QED) is 0.631. The van der Waals surface area contributed by atoms with E-state index < -0.39 is 34.3 Å². The number of carbonyl (C=O) groups excluding carboxylic acids is 1. The van der Waals surface area contributed by atoms with Crippen LogP contribution in [0, 0.1) is 5.92 Å². The minimum atomic E-state index is -4.57. The third-order valence-corrected chi connectivity index (χ3v) is 7.38. The van der Waals surface area contributed by atoms with Gasteiger partial charge >= 0.3 is 6.18 Å². The van der Waals surface area contributed by atoms with E-state index in [1.165, 1.54) is 28.6 Å². The number of piperidine rings is 1. The molecule has 2 aromatic carbocycles. The summed E-state index contributed by atoms with van der Waals surface area (Å²) in [5.41, 5.74) is -1.13. The van der Waals surface area contributed by atoms with E-state index in [0.29, 0.717) is 19.0 Å². The lowest BCUT2D eigenvalue weighted by Crippen LogP contribution is -2.37. The van der Waals surface area contributed by atoms with Crippen molar-refractivity contribution in [2.75, 3.05) is 25.0 Å². The smallest absolute Gasteiger partial charge is 0.416 e. The first-order valence-electron chi connectivity index (χ1n) is 9.86. The van der Waals surface area contributed by atoms with Crippen LogP contribution >= 0.6 is 11.6 Å². The first kappa shape index (κ1) is 24.3. The number of hydrogen-bond donors (Lipinski definition) is 1. The second kappa shape index (κ2) is 9.68. The lowest BCUT2D eigenvalue weighted by molar-refractivity contribution is -0.137. The van der Waals surface area contributed by atoms with Crippen molar-refractivity contribution in [3.8, 4) is 5.75 Å². The largest absolute Gasteiger partial charge is 0.484 e. The van der Waals surface area contributed by atoms with E-state index >= 15 is 0 Å². The van der Waals surface area contributed by atoms with Gasteiger partial charge in [0.05, 0.1) is 21.2 Å². The molecule has 174 valence electrons. The van der Waals surface area contributed by atoms with Crippen LogP contribution in [0.25, 0.3) is 0 Å². The number of anilines is 1. The molecule has 0 aromatic heterocycles. The van der Waals surface area contributed by atoms with Crippen molar-refractivity contribution in [3.05, 3.63) is 53.1 Å². The molecule has 0 aliphatic carbocycles. The minimum absolute atomic E-state index is 0.0481. The first-order valence-corrected chi connectivity index (χ1v) is 11.7. The zero-order valence-corrected chi connectivity index (χ0v) is 18.7. The Bertz CT molecular complexity index is 1070. The molecule has 32 heavy (non-hydrogen) atoms. The van der Waals surface area contributed by atoms with Crippen molar-refractivity contribution >= 4 is 33.2 Å². The Morgan fingerprint density at radius 3 is 2.38 bits per heavy atom. The van der Waals surface area contributed by atoms with Crippen LogP contribution in [0.2, 0.25) is 5.02 Å². The van der Waals surface area contributed by atoms with Gasteiger partial charge in [-0.25, -0.2) is 8.42 Å². The topological polar surface area (TPSA) is 75.7 Å². The molecule has 0 atom stereocenters. The number of hydrogen-bond acceptors (Lipinski definition) is 4. The molecule has 1 heterocycles. The van der Waals surface area contributed by atoms with Crippen LogP contribution in [0.1, 0.15) is 25.3 Å². The highest BCUT2D eigenvalue weighted by atomic mass is 35.5. The Labute approximate surface area is 189 Å². The van der Waals surface area contributed by atoms with E-state index in [0.717, 1.165) is 31.0 Å². The number of nitrogens with one attached hydrogen (secondary N) is 1. The molecular weight excluding hydrogens is 469 g/mol. The van der Waals surface area contributed by atoms with E-state index in [1.807, 2.05) is 0 Å². The second-order valence-electron chi connectivity index (χ2n) is 7.59. The van der Waals surface area contributed by atoms with Gasteiger partial charge in [-0.2, -0.15) is 17.5 Å². The summed E-state index contributed by atoms with van der Waals surface area (Å²) < 4.78 is 70.7. The Balaban J connectivity index is 1.59. The second-order valence-corrected chi connectivity index (χ2v) is 9.93. The van der Waals surface area contributed by atoms with E-state index in [1.54, 1.807) is 0 Å². The Morgan fingerprint density at radius 2 is 1.78 bits per heavy atom. The van der Waals surface area contributed by atoms with Gasteiger partial charge in [0.2, 0.25) is 10.0 Å². The highest BCUT2D eigenvalue weighted by Gasteiger charge is 2.31. The molecule has 1 saturated heterocycles. The summed E-state index contributed by atoms with van der Waals surface area (Å²) in [7, 11) is -3.60. The average Bonchev–Trinajstić information content (AvgIpc) is 2.73. The van der Waals surface area contributed by atoms with Crippen molar-refractivity contribution in [2.24, 2.45) is 5.92 Å². The predicted molar refractivity (Wildman–Crippen MR) is 114 cm³/mol. The summed E-state index contributed by atoms with van der Waals surface area (Å²) in [5, 5.41) is 2.23. The third-order valence-electron chi connectivity index (χ3n) is 5.14. The van der Waals surface area contributed by atoms with Crippen molar-refractivity contribution < 1.29 is 31.1 Å². The third kappa shape index (κ3) is 5.93. The SMILES string of the molecule is CC1CCN(S(=O)(=O)c2ccc(OCC(=O)Nc3cc(C(F)(F)F)ccc3Cl)cc2)CC1. The highest BCUT2D eigenvalue weighted by molar-refractivity contribution is 7.89. The molecule has 1 amide bonds. The normalized spacial score (nSPS) is 16.0. The Kier molecular flexibility index (Phi) is 7.36. The molecule has 0 bridgehead atoms. The first-order chi connectivity index (χ1) is 15.0. The monoisotopic (exact) mass is 490 g/mol. The van der Waals surface area contributed by atoms with Crippen LogP contribution in [0.3, 0.4) is 0 Å². The number of benzene rings is 2. The minimum Gasteiger partial charge on any atom is -0.484 e. The van der Waals surface area contributed by atoms with E-state index in [4.69, 9.17) is 16.3 Å². The van der Waals surface area contributed by atoms with Gasteiger partial charge in [0.1, 0.15) is 5.75 Å². The molecule has 0 spiro atoms. The molecule has 0 radical (unpaired) electrons. The maximum absolute atomic E-state index is 12.8. The Morgan fingerprint density at radius 1 is 1.16 bits per heavy atom. The van der Waals surface area contributed by atoms with Crippen LogP contribution in [0.5, 0.6) is 5.75 Å². The van der Waals surface area contributed by atoms with E-state index in [9.17, 15) is 26.4 Å².